The van der Waals surface area contributed by atoms with E-state index in [1.54, 1.807) is 0 Å². The lowest BCUT2D eigenvalue weighted by molar-refractivity contribution is -0.166. The molecule has 1 aliphatic heterocycles. The predicted octanol–water partition coefficient (Wildman–Crippen LogP) is -0.894. The van der Waals surface area contributed by atoms with E-state index in [4.69, 9.17) is 24.1 Å². The zero-order chi connectivity index (χ0) is 28.1. The fourth-order valence-electron chi connectivity index (χ4n) is 3.72. The lowest BCUT2D eigenvalue weighted by atomic mass is 10.1. The number of imidazole rings is 1. The van der Waals surface area contributed by atoms with Crippen molar-refractivity contribution in [3.05, 3.63) is 12.7 Å². The molecule has 1 aliphatic rings. The number of hydrogen-bond acceptors (Lipinski definition) is 13. The number of aliphatic hydroxyl groups excluding tert-OH is 1. The van der Waals surface area contributed by atoms with E-state index in [-0.39, 0.29) is 23.6 Å². The Morgan fingerprint density at radius 1 is 1.05 bits per heavy atom. The Morgan fingerprint density at radius 3 is 2.29 bits per heavy atom. The van der Waals surface area contributed by atoms with E-state index in [1.165, 1.54) is 24.7 Å². The summed E-state index contributed by atoms with van der Waals surface area (Å²) in [6, 6.07) is -2.58. The number of aliphatic carboxylic acids is 1. The maximum Gasteiger partial charge on any atom is 0.328 e. The number of esters is 3. The first-order chi connectivity index (χ1) is 17.9. The molecule has 2 aromatic heterocycles. The molecule has 1 fully saturated rings. The Morgan fingerprint density at radius 2 is 1.71 bits per heavy atom. The van der Waals surface area contributed by atoms with E-state index in [0.29, 0.717) is 0 Å². The van der Waals surface area contributed by atoms with Crippen LogP contribution < -0.4 is 10.6 Å². The average Bonchev–Trinajstić information content (AvgIpc) is 3.37. The molecule has 0 aromatic carbocycles. The average molecular weight is 543 g/mol. The summed E-state index contributed by atoms with van der Waals surface area (Å²) < 4.78 is 23.0. The first kappa shape index (κ1) is 28.2. The Kier molecular flexibility index (Phi) is 8.74. The zero-order valence-corrected chi connectivity index (χ0v) is 20.7. The molecular weight excluding hydrogens is 517 g/mol. The van der Waals surface area contributed by atoms with Crippen molar-refractivity contribution in [2.75, 3.05) is 11.9 Å². The molecule has 38 heavy (non-hydrogen) atoms. The molecule has 17 nitrogen and oxygen atoms in total. The first-order valence-electron chi connectivity index (χ1n) is 11.2. The molecule has 1 unspecified atom stereocenters. The summed E-state index contributed by atoms with van der Waals surface area (Å²) in [5.41, 5.74) is 0.140. The van der Waals surface area contributed by atoms with Gasteiger partial charge in [0, 0.05) is 20.8 Å². The molecule has 0 aliphatic carbocycles. The van der Waals surface area contributed by atoms with E-state index < -0.39 is 66.6 Å². The third-order valence-corrected chi connectivity index (χ3v) is 5.24. The summed E-state index contributed by atoms with van der Waals surface area (Å²) in [7, 11) is 0. The largest absolute Gasteiger partial charge is 0.480 e. The van der Waals surface area contributed by atoms with Crippen LogP contribution in [0.25, 0.3) is 11.2 Å². The van der Waals surface area contributed by atoms with Gasteiger partial charge in [0.2, 0.25) is 0 Å². The summed E-state index contributed by atoms with van der Waals surface area (Å²) in [6.07, 6.45) is -3.59. The second kappa shape index (κ2) is 11.8. The fourth-order valence-corrected chi connectivity index (χ4v) is 3.72. The lowest BCUT2D eigenvalue weighted by Crippen LogP contribution is -2.49. The standard InChI is InChI=1S/C21H26N6O11/c1-8(28)13(20(32)33)25-21(34)26-17-14-18(23-6-22-17)27(7-24-14)19-16(37-11(4)31)15(36-10(3)30)12(38-19)5-35-9(2)29/h6-8,12-13,15-16,19,28H,5H2,1-4H3,(H,32,33)(H2,22,23,25,26,34)/t8?,12-,13+,15-,16-,19-/m1/s1/i1+1,8+1,13+1,20+1,25+1. The van der Waals surface area contributed by atoms with Gasteiger partial charge in [0.25, 0.3) is 0 Å². The molecule has 0 spiro atoms. The van der Waals surface area contributed by atoms with Gasteiger partial charge in [-0.3, -0.25) is 24.3 Å². The van der Waals surface area contributed by atoms with Gasteiger partial charge in [0.1, 0.15) is 19.0 Å². The van der Waals surface area contributed by atoms with Crippen LogP contribution >= 0.6 is 0 Å². The number of hydrogen-bond donors (Lipinski definition) is 4. The molecule has 1 saturated heterocycles. The molecule has 4 N–H and O–H groups in total. The molecule has 2 amide bonds. The number of carbonyl (C=O) groups excluding carboxylic acids is 4. The van der Waals surface area contributed by atoms with Gasteiger partial charge >= 0.3 is 29.9 Å². The van der Waals surface area contributed by atoms with Gasteiger partial charge in [-0.05, 0) is 6.92 Å². The summed E-state index contributed by atoms with van der Waals surface area (Å²) >= 11 is 0. The fraction of sp³-hybridized carbons (Fsp3) is 0.524. The number of fused-ring (bicyclic) bond motifs is 1. The van der Waals surface area contributed by atoms with Crippen LogP contribution in [0.1, 0.15) is 33.9 Å². The van der Waals surface area contributed by atoms with Crippen LogP contribution in [-0.2, 0) is 38.1 Å². The van der Waals surface area contributed by atoms with Gasteiger partial charge < -0.3 is 34.5 Å². The van der Waals surface area contributed by atoms with Crippen molar-refractivity contribution in [3.8, 4) is 0 Å². The van der Waals surface area contributed by atoms with Crippen LogP contribution in [0.15, 0.2) is 12.7 Å². The number of carboxylic acid groups (broad SMARTS) is 1. The Hall–Kier alpha value is -4.38. The van der Waals surface area contributed by atoms with E-state index in [0.717, 1.165) is 20.2 Å². The Bertz CT molecular complexity index is 1230. The maximum absolute atomic E-state index is 12.4. The number of carboxylic acids is 1. The number of nitrogens with zero attached hydrogens (tertiary/aromatic N) is 4. The molecule has 3 rings (SSSR count). The normalized spacial score (nSPS) is 22.2. The zero-order valence-electron chi connectivity index (χ0n) is 20.7. The predicted molar refractivity (Wildman–Crippen MR) is 122 cm³/mol. The second-order valence-electron chi connectivity index (χ2n) is 8.22. The van der Waals surface area contributed by atoms with Crippen molar-refractivity contribution >= 4 is 46.9 Å². The SMILES string of the molecule is CC(=O)OC[C@H]1O[C@@H](n2cnc3c(NC(=O)[15NH][13C@H]([13C](=O)O)[13CH]([13CH3])O)ncnc32)[C@H](OC(C)=O)[C@@H]1OC(C)=O. The Balaban J connectivity index is 1.94. The molecule has 2 aromatic rings. The highest BCUT2D eigenvalue weighted by atomic mass is 16.7. The van der Waals surface area contributed by atoms with Gasteiger partial charge in [-0.2, -0.15) is 0 Å². The molecule has 0 bridgehead atoms. The van der Waals surface area contributed by atoms with E-state index in [2.05, 4.69) is 25.6 Å². The molecular formula is C21H26N6O11. The van der Waals surface area contributed by atoms with Gasteiger partial charge in [-0.15, -0.1) is 0 Å². The third-order valence-electron chi connectivity index (χ3n) is 5.24. The van der Waals surface area contributed by atoms with Gasteiger partial charge in [0.15, 0.2) is 41.5 Å². The third kappa shape index (κ3) is 6.48. The summed E-state index contributed by atoms with van der Waals surface area (Å²) in [6.45, 7) is 4.36. The number of aliphatic hydroxyl groups is 1. The number of amides is 2. The van der Waals surface area contributed by atoms with Gasteiger partial charge in [0.05, 0.1) is 12.4 Å². The topological polar surface area (TPSA) is 230 Å². The number of aromatic nitrogens is 4. The molecule has 6 atom stereocenters. The first-order valence-corrected chi connectivity index (χ1v) is 11.2. The highest BCUT2D eigenvalue weighted by Crippen LogP contribution is 2.36. The van der Waals surface area contributed by atoms with Crippen molar-refractivity contribution < 1.29 is 53.1 Å². The van der Waals surface area contributed by atoms with E-state index >= 15 is 0 Å². The van der Waals surface area contributed by atoms with Crippen molar-refractivity contribution in [1.29, 1.82) is 0 Å². The number of nitrogens with one attached hydrogen (secondary N) is 2. The minimum absolute atomic E-state index is 0.0456. The lowest BCUT2D eigenvalue weighted by Gasteiger charge is -2.23. The Labute approximate surface area is 214 Å². The highest BCUT2D eigenvalue weighted by molar-refractivity contribution is 5.97. The van der Waals surface area contributed by atoms with Crippen LogP contribution in [0, 0.1) is 0 Å². The highest BCUT2D eigenvalue weighted by Gasteiger charge is 2.51. The number of urea groups is 1. The summed E-state index contributed by atoms with van der Waals surface area (Å²) in [5.74, 6) is -3.59. The quantitative estimate of drug-likeness (QED) is 0.130. The minimum Gasteiger partial charge on any atom is -0.480 e. The number of anilines is 1. The second-order valence-corrected chi connectivity index (χ2v) is 8.22. The molecule has 0 saturated carbocycles. The number of rotatable bonds is 9. The van der Waals surface area contributed by atoms with Crippen molar-refractivity contribution in [3.63, 3.8) is 0 Å². The molecule has 206 valence electrons. The van der Waals surface area contributed by atoms with Gasteiger partial charge in [-0.25, -0.2) is 24.5 Å². The molecule has 3 heterocycles. The van der Waals surface area contributed by atoms with Crippen molar-refractivity contribution in [1.82, 2.24) is 24.8 Å². The van der Waals surface area contributed by atoms with E-state index in [1.807, 2.05) is 0 Å². The van der Waals surface area contributed by atoms with Crippen LogP contribution in [0.3, 0.4) is 0 Å². The van der Waals surface area contributed by atoms with E-state index in [9.17, 15) is 29.1 Å². The monoisotopic (exact) mass is 543 g/mol. The number of carbonyl (C=O) groups is 5. The van der Waals surface area contributed by atoms with Crippen LogP contribution in [0.2, 0.25) is 0 Å². The minimum atomic E-state index is -1.59. The summed E-state index contributed by atoms with van der Waals surface area (Å²) in [5, 5.41) is 23.2. The van der Waals surface area contributed by atoms with Crippen LogP contribution in [-0.4, -0.2) is 96.7 Å². The van der Waals surface area contributed by atoms with Crippen LogP contribution in [0.5, 0.6) is 0 Å². The maximum atomic E-state index is 12.4. The smallest absolute Gasteiger partial charge is 0.328 e. The van der Waals surface area contributed by atoms with Crippen LogP contribution in [0.4, 0.5) is 10.6 Å². The van der Waals surface area contributed by atoms with Gasteiger partial charge in [-0.1, -0.05) is 0 Å². The molecule has 0 radical (unpaired) electrons. The van der Waals surface area contributed by atoms with Crippen molar-refractivity contribution in [2.24, 2.45) is 0 Å². The molecule has 17 heteroatoms. The van der Waals surface area contributed by atoms with Crippen molar-refractivity contribution in [2.45, 2.75) is 64.4 Å². The number of ether oxygens (including phenoxy) is 4. The summed E-state index contributed by atoms with van der Waals surface area (Å²) in [4.78, 5) is 70.9.